The van der Waals surface area contributed by atoms with E-state index in [1.807, 2.05) is 6.07 Å². The summed E-state index contributed by atoms with van der Waals surface area (Å²) < 4.78 is 0. The lowest BCUT2D eigenvalue weighted by molar-refractivity contribution is -0.384. The van der Waals surface area contributed by atoms with Gasteiger partial charge < -0.3 is 5.32 Å². The van der Waals surface area contributed by atoms with Crippen molar-refractivity contribution in [2.75, 3.05) is 26.2 Å². The predicted molar refractivity (Wildman–Crippen MR) is 70.6 cm³/mol. The van der Waals surface area contributed by atoms with E-state index in [1.165, 1.54) is 0 Å². The van der Waals surface area contributed by atoms with Crippen molar-refractivity contribution in [3.05, 3.63) is 39.9 Å². The Balaban J connectivity index is 2.13. The molecule has 1 N–H and O–H groups in total. The summed E-state index contributed by atoms with van der Waals surface area (Å²) in [5, 5.41) is 14.2. The fourth-order valence-electron chi connectivity index (χ4n) is 2.36. The second-order valence-corrected chi connectivity index (χ2v) is 4.67. The average Bonchev–Trinajstić information content (AvgIpc) is 2.67. The molecule has 1 aliphatic rings. The molecule has 0 spiro atoms. The van der Waals surface area contributed by atoms with Crippen LogP contribution < -0.4 is 5.32 Å². The molecule has 98 valence electrons. The Morgan fingerprint density at radius 3 is 3.00 bits per heavy atom. The molecule has 5 heteroatoms. The zero-order valence-electron chi connectivity index (χ0n) is 10.6. The van der Waals surface area contributed by atoms with E-state index in [0.717, 1.165) is 38.2 Å². The van der Waals surface area contributed by atoms with Gasteiger partial charge in [-0.25, -0.2) is 0 Å². The van der Waals surface area contributed by atoms with Crippen LogP contribution in [0.4, 0.5) is 5.69 Å². The van der Waals surface area contributed by atoms with Crippen LogP contribution in [0.15, 0.2) is 24.3 Å². The highest BCUT2D eigenvalue weighted by Gasteiger charge is 2.18. The smallest absolute Gasteiger partial charge is 0.269 e. The molecule has 18 heavy (non-hydrogen) atoms. The van der Waals surface area contributed by atoms with Gasteiger partial charge >= 0.3 is 0 Å². The first-order chi connectivity index (χ1) is 8.68. The fourth-order valence-corrected chi connectivity index (χ4v) is 2.36. The topological polar surface area (TPSA) is 58.4 Å². The number of non-ortho nitro benzene ring substituents is 1. The summed E-state index contributed by atoms with van der Waals surface area (Å²) in [5.41, 5.74) is 1.19. The van der Waals surface area contributed by atoms with Crippen molar-refractivity contribution in [1.29, 1.82) is 0 Å². The highest BCUT2D eigenvalue weighted by molar-refractivity contribution is 5.35. The van der Waals surface area contributed by atoms with E-state index in [-0.39, 0.29) is 16.7 Å². The Morgan fingerprint density at radius 2 is 2.22 bits per heavy atom. The number of nitrogens with zero attached hydrogens (tertiary/aromatic N) is 2. The summed E-state index contributed by atoms with van der Waals surface area (Å²) in [6, 6.07) is 7.18. The molecule has 1 heterocycles. The van der Waals surface area contributed by atoms with Crippen molar-refractivity contribution in [3.8, 4) is 0 Å². The molecule has 1 aromatic rings. The van der Waals surface area contributed by atoms with Crippen LogP contribution in [0, 0.1) is 10.1 Å². The van der Waals surface area contributed by atoms with Crippen LogP contribution in [0.25, 0.3) is 0 Å². The lowest BCUT2D eigenvalue weighted by Gasteiger charge is -2.27. The van der Waals surface area contributed by atoms with Crippen LogP contribution in [-0.2, 0) is 0 Å². The van der Waals surface area contributed by atoms with Crippen molar-refractivity contribution in [3.63, 3.8) is 0 Å². The van der Waals surface area contributed by atoms with E-state index < -0.39 is 0 Å². The van der Waals surface area contributed by atoms with Crippen molar-refractivity contribution >= 4 is 5.69 Å². The predicted octanol–water partition coefficient (Wildman–Crippen LogP) is 1.95. The Labute approximate surface area is 107 Å². The van der Waals surface area contributed by atoms with Crippen LogP contribution in [0.1, 0.15) is 24.9 Å². The molecule has 1 aliphatic heterocycles. The lowest BCUT2D eigenvalue weighted by Crippen LogP contribution is -2.30. The van der Waals surface area contributed by atoms with Gasteiger partial charge in [0, 0.05) is 31.3 Å². The monoisotopic (exact) mass is 249 g/mol. The summed E-state index contributed by atoms with van der Waals surface area (Å²) in [6.07, 6.45) is 1.12. The minimum Gasteiger partial charge on any atom is -0.315 e. The summed E-state index contributed by atoms with van der Waals surface area (Å²) in [5.74, 6) is 0. The molecule has 1 unspecified atom stereocenters. The summed E-state index contributed by atoms with van der Waals surface area (Å²) >= 11 is 0. The quantitative estimate of drug-likeness (QED) is 0.657. The van der Waals surface area contributed by atoms with Crippen LogP contribution >= 0.6 is 0 Å². The molecule has 0 saturated carbocycles. The third kappa shape index (κ3) is 3.05. The normalized spacial score (nSPS) is 19.2. The standard InChI is InChI=1S/C13H19N3O2/c1-11(15-8-3-6-14-7-9-15)12-4-2-5-13(10-12)16(17)18/h2,4-5,10-11,14H,3,6-9H2,1H3. The second kappa shape index (κ2) is 5.93. The average molecular weight is 249 g/mol. The molecule has 5 nitrogen and oxygen atoms in total. The molecule has 0 aliphatic carbocycles. The fraction of sp³-hybridized carbons (Fsp3) is 0.538. The number of hydrogen-bond acceptors (Lipinski definition) is 4. The van der Waals surface area contributed by atoms with E-state index >= 15 is 0 Å². The Kier molecular flexibility index (Phi) is 4.28. The minimum absolute atomic E-state index is 0.173. The molecular formula is C13H19N3O2. The molecule has 1 fully saturated rings. The minimum atomic E-state index is -0.333. The van der Waals surface area contributed by atoms with E-state index in [1.54, 1.807) is 18.2 Å². The zero-order valence-corrected chi connectivity index (χ0v) is 10.6. The zero-order chi connectivity index (χ0) is 13.0. The summed E-state index contributed by atoms with van der Waals surface area (Å²) in [6.45, 7) is 6.18. The number of nitrogens with one attached hydrogen (secondary N) is 1. The maximum atomic E-state index is 10.8. The van der Waals surface area contributed by atoms with Gasteiger partial charge in [-0.3, -0.25) is 15.0 Å². The summed E-state index contributed by atoms with van der Waals surface area (Å²) in [4.78, 5) is 12.8. The Hall–Kier alpha value is -1.46. The molecule has 1 aromatic carbocycles. The third-order valence-corrected chi connectivity index (χ3v) is 3.49. The highest BCUT2D eigenvalue weighted by atomic mass is 16.6. The molecule has 2 rings (SSSR count). The van der Waals surface area contributed by atoms with Crippen molar-refractivity contribution in [1.82, 2.24) is 10.2 Å². The van der Waals surface area contributed by atoms with Crippen molar-refractivity contribution in [2.24, 2.45) is 0 Å². The van der Waals surface area contributed by atoms with Crippen LogP contribution in [0.5, 0.6) is 0 Å². The van der Waals surface area contributed by atoms with Crippen molar-refractivity contribution < 1.29 is 4.92 Å². The van der Waals surface area contributed by atoms with Crippen LogP contribution in [0.3, 0.4) is 0 Å². The highest BCUT2D eigenvalue weighted by Crippen LogP contribution is 2.24. The first-order valence-corrected chi connectivity index (χ1v) is 6.37. The Morgan fingerprint density at radius 1 is 1.39 bits per heavy atom. The number of nitro benzene ring substituents is 1. The molecule has 1 saturated heterocycles. The molecule has 1 atom stereocenters. The van der Waals surface area contributed by atoms with Gasteiger partial charge in [0.15, 0.2) is 0 Å². The first kappa shape index (κ1) is 13.0. The van der Waals surface area contributed by atoms with Gasteiger partial charge in [-0.05, 0) is 32.0 Å². The molecular weight excluding hydrogens is 230 g/mol. The number of rotatable bonds is 3. The van der Waals surface area contributed by atoms with Gasteiger partial charge in [0.25, 0.3) is 5.69 Å². The second-order valence-electron chi connectivity index (χ2n) is 4.67. The van der Waals surface area contributed by atoms with E-state index in [2.05, 4.69) is 17.1 Å². The van der Waals surface area contributed by atoms with Gasteiger partial charge in [0.2, 0.25) is 0 Å². The molecule has 0 aromatic heterocycles. The maximum absolute atomic E-state index is 10.8. The molecule has 0 bridgehead atoms. The van der Waals surface area contributed by atoms with Gasteiger partial charge in [0.05, 0.1) is 4.92 Å². The van der Waals surface area contributed by atoms with Crippen molar-refractivity contribution in [2.45, 2.75) is 19.4 Å². The van der Waals surface area contributed by atoms with Crippen LogP contribution in [-0.4, -0.2) is 36.0 Å². The SMILES string of the molecule is CC(c1cccc([N+](=O)[O-])c1)N1CCCNCC1. The van der Waals surface area contributed by atoms with Gasteiger partial charge in [-0.15, -0.1) is 0 Å². The van der Waals surface area contributed by atoms with Gasteiger partial charge in [0.1, 0.15) is 0 Å². The van der Waals surface area contributed by atoms with E-state index in [9.17, 15) is 10.1 Å². The van der Waals surface area contributed by atoms with Gasteiger partial charge in [-0.1, -0.05) is 12.1 Å². The Bertz CT molecular complexity index is 414. The van der Waals surface area contributed by atoms with E-state index in [0.29, 0.717) is 0 Å². The number of hydrogen-bond donors (Lipinski definition) is 1. The first-order valence-electron chi connectivity index (χ1n) is 6.37. The molecule has 0 amide bonds. The largest absolute Gasteiger partial charge is 0.315 e. The number of benzene rings is 1. The number of nitro groups is 1. The molecule has 0 radical (unpaired) electrons. The lowest BCUT2D eigenvalue weighted by atomic mass is 10.1. The van der Waals surface area contributed by atoms with Crippen LogP contribution in [0.2, 0.25) is 0 Å². The van der Waals surface area contributed by atoms with Gasteiger partial charge in [-0.2, -0.15) is 0 Å². The maximum Gasteiger partial charge on any atom is 0.269 e. The third-order valence-electron chi connectivity index (χ3n) is 3.49. The summed E-state index contributed by atoms with van der Waals surface area (Å²) in [7, 11) is 0. The van der Waals surface area contributed by atoms with E-state index in [4.69, 9.17) is 0 Å².